The lowest BCUT2D eigenvalue weighted by Crippen LogP contribution is -2.51. The number of esters is 1. The Labute approximate surface area is 250 Å². The molecule has 39 heavy (non-hydrogen) atoms. The van der Waals surface area contributed by atoms with Crippen molar-refractivity contribution in [3.8, 4) is 5.75 Å². The topological polar surface area (TPSA) is 140 Å². The fraction of sp³-hybridized carbons (Fsp3) is 0.577. The molecule has 13 heteroatoms. The number of hydrogen-bond donors (Lipinski definition) is 3. The third-order valence-corrected chi connectivity index (χ3v) is 6.63. The van der Waals surface area contributed by atoms with E-state index in [2.05, 4.69) is 16.0 Å². The molecule has 0 aromatic heterocycles. The van der Waals surface area contributed by atoms with Crippen molar-refractivity contribution in [2.45, 2.75) is 77.0 Å². The first kappa shape index (κ1) is 36.6. The Hall–Kier alpha value is -2.38. The van der Waals surface area contributed by atoms with Gasteiger partial charge in [-0.15, -0.1) is 0 Å². The molecular weight excluding hydrogens is 563 g/mol. The molecule has 0 spiro atoms. The quantitative estimate of drug-likeness (QED) is 0.201. The minimum Gasteiger partial charge on any atom is -0.445 e. The number of aldehydes is 1. The van der Waals surface area contributed by atoms with E-state index in [-0.39, 0.29) is 71.3 Å². The van der Waals surface area contributed by atoms with Crippen LogP contribution in [0.4, 0.5) is 4.79 Å². The van der Waals surface area contributed by atoms with Crippen LogP contribution in [0, 0.1) is 11.8 Å². The van der Waals surface area contributed by atoms with Gasteiger partial charge in [-0.3, -0.25) is 14.4 Å². The summed E-state index contributed by atoms with van der Waals surface area (Å²) in [6, 6.07) is 4.93. The normalized spacial score (nSPS) is 18.0. The van der Waals surface area contributed by atoms with Crippen LogP contribution in [0.5, 0.6) is 5.75 Å². The van der Waals surface area contributed by atoms with Gasteiger partial charge in [0.1, 0.15) is 24.7 Å². The largest absolute Gasteiger partial charge is 0.445 e. The Kier molecular flexibility index (Phi) is 17.7. The van der Waals surface area contributed by atoms with Gasteiger partial charge in [0.05, 0.1) is 6.04 Å². The molecule has 10 nitrogen and oxygen atoms in total. The predicted molar refractivity (Wildman–Crippen MR) is 161 cm³/mol. The van der Waals surface area contributed by atoms with Gasteiger partial charge in [0.25, 0.3) is 0 Å². The fourth-order valence-corrected chi connectivity index (χ4v) is 4.79. The number of benzene rings is 1. The molecule has 3 rings (SSSR count). The molecule has 3 atom stereocenters. The summed E-state index contributed by atoms with van der Waals surface area (Å²) in [5, 5.41) is 8.09. The summed E-state index contributed by atoms with van der Waals surface area (Å²) in [6.07, 6.45) is 6.42. The molecule has 1 aromatic rings. The molecule has 220 valence electrons. The van der Waals surface area contributed by atoms with E-state index in [0.29, 0.717) is 37.0 Å². The second kappa shape index (κ2) is 18.8. The van der Waals surface area contributed by atoms with Crippen LogP contribution < -0.4 is 20.7 Å². The average Bonchev–Trinajstić information content (AvgIpc) is 3.26. The lowest BCUT2D eigenvalue weighted by Gasteiger charge is -2.27. The molecule has 1 saturated heterocycles. The maximum Gasteiger partial charge on any atom is 0.408 e. The molecular formula is C26H41N3O7S3. The van der Waals surface area contributed by atoms with Crippen molar-refractivity contribution < 1.29 is 33.4 Å². The van der Waals surface area contributed by atoms with Gasteiger partial charge in [-0.1, -0.05) is 44.2 Å². The summed E-state index contributed by atoms with van der Waals surface area (Å²) in [4.78, 5) is 60.4. The summed E-state index contributed by atoms with van der Waals surface area (Å²) in [5.74, 6) is -0.735. The van der Waals surface area contributed by atoms with Crippen molar-refractivity contribution in [3.05, 3.63) is 29.8 Å². The minimum absolute atomic E-state index is 0. The predicted octanol–water partition coefficient (Wildman–Crippen LogP) is 2.73. The number of amides is 3. The van der Waals surface area contributed by atoms with Crippen molar-refractivity contribution in [1.29, 1.82) is 0 Å². The van der Waals surface area contributed by atoms with Crippen molar-refractivity contribution >= 4 is 70.7 Å². The number of rotatable bonds is 11. The van der Waals surface area contributed by atoms with Crippen molar-refractivity contribution in [2.75, 3.05) is 6.54 Å². The van der Waals surface area contributed by atoms with E-state index in [1.807, 2.05) is 0 Å². The average molecular weight is 604 g/mol. The van der Waals surface area contributed by atoms with Crippen molar-refractivity contribution in [2.24, 2.45) is 11.8 Å². The van der Waals surface area contributed by atoms with Crippen LogP contribution in [0.1, 0.15) is 63.9 Å². The number of hydrogen-bond acceptors (Lipinski definition) is 7. The first-order valence-electron chi connectivity index (χ1n) is 12.6. The number of carbonyl (C=O) groups excluding carboxylic acids is 5. The molecule has 3 amide bonds. The first-order chi connectivity index (χ1) is 17.3. The Bertz CT molecular complexity index is 960. The summed E-state index contributed by atoms with van der Waals surface area (Å²) in [5.41, 5.74) is 0.619. The third kappa shape index (κ3) is 12.6. The number of alkyl carbamates (subject to hydrolysis) is 1. The van der Waals surface area contributed by atoms with E-state index in [4.69, 9.17) is 9.47 Å². The molecule has 0 radical (unpaired) electrons. The first-order valence-corrected chi connectivity index (χ1v) is 12.6. The lowest BCUT2D eigenvalue weighted by atomic mass is 9.84. The van der Waals surface area contributed by atoms with Gasteiger partial charge in [-0.25, -0.2) is 4.79 Å². The highest BCUT2D eigenvalue weighted by Crippen LogP contribution is 2.27. The summed E-state index contributed by atoms with van der Waals surface area (Å²) < 4.78 is 10.4. The summed E-state index contributed by atoms with van der Waals surface area (Å²) in [7, 11) is 0. The Balaban J connectivity index is 0.00000481. The maximum atomic E-state index is 13.1. The molecule has 1 heterocycles. The van der Waals surface area contributed by atoms with Crippen LogP contribution in [0.15, 0.2) is 24.3 Å². The van der Waals surface area contributed by atoms with Crippen molar-refractivity contribution in [1.82, 2.24) is 16.0 Å². The monoisotopic (exact) mass is 603 g/mol. The highest BCUT2D eigenvalue weighted by atomic mass is 32.1. The fourth-order valence-electron chi connectivity index (χ4n) is 4.79. The molecule has 1 aliphatic heterocycles. The van der Waals surface area contributed by atoms with Gasteiger partial charge in [-0.2, -0.15) is 40.5 Å². The highest BCUT2D eigenvalue weighted by molar-refractivity contribution is 7.59. The molecule has 1 aromatic carbocycles. The molecule has 2 fully saturated rings. The zero-order valence-corrected chi connectivity index (χ0v) is 25.1. The van der Waals surface area contributed by atoms with E-state index in [0.717, 1.165) is 32.1 Å². The van der Waals surface area contributed by atoms with Gasteiger partial charge in [0, 0.05) is 19.4 Å². The van der Waals surface area contributed by atoms with Crippen LogP contribution >= 0.6 is 40.5 Å². The van der Waals surface area contributed by atoms with Gasteiger partial charge in [0.15, 0.2) is 0 Å². The van der Waals surface area contributed by atoms with Crippen LogP contribution in [0.25, 0.3) is 0 Å². The van der Waals surface area contributed by atoms with Crippen molar-refractivity contribution in [3.63, 3.8) is 0 Å². The van der Waals surface area contributed by atoms with Gasteiger partial charge in [0.2, 0.25) is 11.8 Å². The zero-order chi connectivity index (χ0) is 25.9. The third-order valence-electron chi connectivity index (χ3n) is 6.63. The zero-order valence-electron chi connectivity index (χ0n) is 22.1. The molecule has 2 aliphatic rings. The van der Waals surface area contributed by atoms with Crippen LogP contribution in [0.3, 0.4) is 0 Å². The van der Waals surface area contributed by atoms with E-state index in [1.165, 1.54) is 6.92 Å². The number of carbonyl (C=O) groups is 5. The summed E-state index contributed by atoms with van der Waals surface area (Å²) in [6.45, 7) is 1.78. The Morgan fingerprint density at radius 1 is 1.05 bits per heavy atom. The highest BCUT2D eigenvalue weighted by Gasteiger charge is 2.31. The number of nitrogens with one attached hydrogen (secondary N) is 3. The maximum absolute atomic E-state index is 13.1. The van der Waals surface area contributed by atoms with Crippen LogP contribution in [0.2, 0.25) is 0 Å². The SMILES string of the molecule is CC(=O)Oc1cccc(COC(=O)N[C@@H](CC2CCCCC2)C(=O)N[C@H](C=O)C[C@@H]2CCNC2=O)c1.S.S.S. The second-order valence-corrected chi connectivity index (χ2v) is 9.52. The second-order valence-electron chi connectivity index (χ2n) is 9.52. The molecule has 1 aliphatic carbocycles. The van der Waals surface area contributed by atoms with Crippen LogP contribution in [-0.2, 0) is 30.5 Å². The minimum atomic E-state index is -0.868. The Morgan fingerprint density at radius 3 is 2.38 bits per heavy atom. The Morgan fingerprint density at radius 2 is 1.77 bits per heavy atom. The molecule has 3 N–H and O–H groups in total. The van der Waals surface area contributed by atoms with E-state index in [9.17, 15) is 24.0 Å². The van der Waals surface area contributed by atoms with E-state index < -0.39 is 30.1 Å². The van der Waals surface area contributed by atoms with Gasteiger partial charge in [-0.05, 0) is 42.9 Å². The van der Waals surface area contributed by atoms with E-state index >= 15 is 0 Å². The standard InChI is InChI=1S/C26H35N3O7.3H2S/c1-17(31)36-22-9-5-8-19(12-22)16-35-26(34)29-23(13-18-6-3-2-4-7-18)25(33)28-21(15-30)14-20-10-11-27-24(20)32;;;/h5,8-9,12,15,18,20-21,23H,2-4,6-7,10-11,13-14,16H2,1H3,(H,27,32)(H,28,33)(H,29,34);3*1H2/t20-,21-,23-;;;/m0.../s1. The van der Waals surface area contributed by atoms with Gasteiger partial charge >= 0.3 is 12.1 Å². The molecule has 0 bridgehead atoms. The lowest BCUT2D eigenvalue weighted by molar-refractivity contribution is -0.132. The molecule has 0 unspecified atom stereocenters. The molecule has 1 saturated carbocycles. The smallest absolute Gasteiger partial charge is 0.408 e. The van der Waals surface area contributed by atoms with Gasteiger partial charge < -0.3 is 30.2 Å². The summed E-state index contributed by atoms with van der Waals surface area (Å²) >= 11 is 0. The number of ether oxygens (including phenoxy) is 2. The van der Waals surface area contributed by atoms with E-state index in [1.54, 1.807) is 24.3 Å². The van der Waals surface area contributed by atoms with Crippen LogP contribution in [-0.4, -0.2) is 48.8 Å².